The van der Waals surface area contributed by atoms with Gasteiger partial charge in [-0.1, -0.05) is 29.8 Å². The normalized spacial score (nSPS) is 29.4. The van der Waals surface area contributed by atoms with Gasteiger partial charge in [-0.25, -0.2) is 0 Å². The number of carbonyl (C=O) groups excluding carboxylic acids is 1. The Kier molecular flexibility index (Phi) is 3.55. The minimum Gasteiger partial charge on any atom is -0.339 e. The number of hydrogen-bond donors (Lipinski definition) is 1. The molecule has 2 aliphatic heterocycles. The second-order valence-electron chi connectivity index (χ2n) is 6.43. The maximum atomic E-state index is 12.7. The van der Waals surface area contributed by atoms with Crippen LogP contribution in [0.2, 0.25) is 0 Å². The summed E-state index contributed by atoms with van der Waals surface area (Å²) < 4.78 is 0. The van der Waals surface area contributed by atoms with Crippen LogP contribution in [0.3, 0.4) is 0 Å². The van der Waals surface area contributed by atoms with Crippen LogP contribution in [0, 0.1) is 12.8 Å². The molecule has 4 atom stereocenters. The predicted octanol–water partition coefficient (Wildman–Crippen LogP) is 2.65. The van der Waals surface area contributed by atoms with Crippen LogP contribution < -0.4 is 5.32 Å². The van der Waals surface area contributed by atoms with E-state index in [0.29, 0.717) is 18.0 Å². The molecule has 0 aliphatic carbocycles. The Morgan fingerprint density at radius 3 is 2.55 bits per heavy atom. The number of rotatable bonds is 3. The van der Waals surface area contributed by atoms with Gasteiger partial charge in [0.15, 0.2) is 0 Å². The molecule has 2 bridgehead atoms. The van der Waals surface area contributed by atoms with E-state index < -0.39 is 0 Å². The Bertz CT molecular complexity index is 496. The summed E-state index contributed by atoms with van der Waals surface area (Å²) in [5.74, 6) is 0.490. The van der Waals surface area contributed by atoms with Gasteiger partial charge in [0.05, 0.1) is 12.0 Å². The van der Waals surface area contributed by atoms with Crippen molar-refractivity contribution in [1.82, 2.24) is 10.2 Å². The molecule has 1 N–H and O–H groups in total. The topological polar surface area (TPSA) is 32.3 Å². The third-order valence-corrected chi connectivity index (χ3v) is 5.11. The van der Waals surface area contributed by atoms with Gasteiger partial charge in [-0.2, -0.15) is 0 Å². The lowest BCUT2D eigenvalue weighted by Crippen LogP contribution is -2.40. The van der Waals surface area contributed by atoms with Crippen molar-refractivity contribution >= 4 is 5.91 Å². The summed E-state index contributed by atoms with van der Waals surface area (Å²) in [6.07, 6.45) is 3.42. The van der Waals surface area contributed by atoms with E-state index in [0.717, 1.165) is 12.8 Å². The third-order valence-electron chi connectivity index (χ3n) is 5.11. The summed E-state index contributed by atoms with van der Waals surface area (Å²) in [6.45, 7) is 4.20. The van der Waals surface area contributed by atoms with Crippen LogP contribution in [0.4, 0.5) is 0 Å². The summed E-state index contributed by atoms with van der Waals surface area (Å²) in [6, 6.07) is 9.62. The zero-order chi connectivity index (χ0) is 14.3. The van der Waals surface area contributed by atoms with Gasteiger partial charge >= 0.3 is 0 Å². The molecule has 2 fully saturated rings. The van der Waals surface area contributed by atoms with E-state index in [2.05, 4.69) is 43.4 Å². The van der Waals surface area contributed by atoms with Crippen molar-refractivity contribution in [1.29, 1.82) is 0 Å². The molecule has 0 spiro atoms. The molecule has 3 rings (SSSR count). The van der Waals surface area contributed by atoms with Crippen LogP contribution >= 0.6 is 0 Å². The Hall–Kier alpha value is -1.35. The average Bonchev–Trinajstić information content (AvgIpc) is 3.08. The molecule has 4 unspecified atom stereocenters. The van der Waals surface area contributed by atoms with Crippen molar-refractivity contribution in [3.05, 3.63) is 35.4 Å². The summed E-state index contributed by atoms with van der Waals surface area (Å²) in [4.78, 5) is 14.6. The quantitative estimate of drug-likeness (QED) is 0.917. The van der Waals surface area contributed by atoms with E-state index in [1.807, 2.05) is 11.9 Å². The van der Waals surface area contributed by atoms with Gasteiger partial charge in [0, 0.05) is 19.1 Å². The molecule has 0 aromatic heterocycles. The Morgan fingerprint density at radius 2 is 2.00 bits per heavy atom. The fourth-order valence-corrected chi connectivity index (χ4v) is 3.62. The molecular weight excluding hydrogens is 248 g/mol. The molecule has 2 saturated heterocycles. The smallest absolute Gasteiger partial charge is 0.227 e. The molecule has 1 amide bonds. The molecule has 20 heavy (non-hydrogen) atoms. The first-order chi connectivity index (χ1) is 9.56. The zero-order valence-corrected chi connectivity index (χ0v) is 12.6. The van der Waals surface area contributed by atoms with Gasteiger partial charge in [-0.3, -0.25) is 4.79 Å². The lowest BCUT2D eigenvalue weighted by molar-refractivity contribution is -0.136. The largest absolute Gasteiger partial charge is 0.339 e. The first-order valence-corrected chi connectivity index (χ1v) is 7.65. The maximum absolute atomic E-state index is 12.7. The number of nitrogens with one attached hydrogen (secondary N) is 1. The van der Waals surface area contributed by atoms with Crippen LogP contribution in [-0.2, 0) is 4.79 Å². The van der Waals surface area contributed by atoms with Crippen molar-refractivity contribution in [2.75, 3.05) is 7.05 Å². The number of aryl methyl sites for hydroxylation is 1. The standard InChI is InChI=1S/C17H24N2O/c1-11-4-6-13(7-5-11)12(2)19(3)17(20)15-10-14-8-9-16(15)18-14/h4-7,12,14-16,18H,8-10H2,1-3H3. The van der Waals surface area contributed by atoms with Crippen molar-refractivity contribution in [2.24, 2.45) is 5.92 Å². The third kappa shape index (κ3) is 2.35. The highest BCUT2D eigenvalue weighted by molar-refractivity contribution is 5.80. The van der Waals surface area contributed by atoms with Crippen LogP contribution in [0.1, 0.15) is 43.4 Å². The van der Waals surface area contributed by atoms with Crippen molar-refractivity contribution in [3.63, 3.8) is 0 Å². The van der Waals surface area contributed by atoms with Crippen LogP contribution in [0.5, 0.6) is 0 Å². The van der Waals surface area contributed by atoms with Crippen molar-refractivity contribution in [3.8, 4) is 0 Å². The van der Waals surface area contributed by atoms with Gasteiger partial charge in [0.2, 0.25) is 5.91 Å². The second-order valence-corrected chi connectivity index (χ2v) is 6.43. The molecule has 108 valence electrons. The number of nitrogens with zero attached hydrogens (tertiary/aromatic N) is 1. The highest BCUT2D eigenvalue weighted by Gasteiger charge is 2.44. The zero-order valence-electron chi connectivity index (χ0n) is 12.6. The van der Waals surface area contributed by atoms with Gasteiger partial charge in [0.25, 0.3) is 0 Å². The highest BCUT2D eigenvalue weighted by atomic mass is 16.2. The van der Waals surface area contributed by atoms with Crippen LogP contribution in [0.25, 0.3) is 0 Å². The summed E-state index contributed by atoms with van der Waals surface area (Å²) in [7, 11) is 1.94. The molecule has 3 heteroatoms. The number of amides is 1. The van der Waals surface area contributed by atoms with Gasteiger partial charge in [-0.05, 0) is 38.7 Å². The van der Waals surface area contributed by atoms with Gasteiger partial charge in [0.1, 0.15) is 0 Å². The van der Waals surface area contributed by atoms with Crippen LogP contribution in [-0.4, -0.2) is 29.9 Å². The first kappa shape index (κ1) is 13.6. The van der Waals surface area contributed by atoms with Crippen molar-refractivity contribution in [2.45, 2.75) is 51.2 Å². The minimum atomic E-state index is 0.141. The SMILES string of the molecule is Cc1ccc(C(C)N(C)C(=O)C2CC3CCC2N3)cc1. The highest BCUT2D eigenvalue weighted by Crippen LogP contribution is 2.35. The lowest BCUT2D eigenvalue weighted by atomic mass is 9.87. The number of fused-ring (bicyclic) bond motifs is 2. The lowest BCUT2D eigenvalue weighted by Gasteiger charge is -2.30. The molecule has 1 aromatic carbocycles. The molecule has 1 aromatic rings. The van der Waals surface area contributed by atoms with Gasteiger partial charge in [-0.15, -0.1) is 0 Å². The number of benzene rings is 1. The van der Waals surface area contributed by atoms with Crippen molar-refractivity contribution < 1.29 is 4.79 Å². The minimum absolute atomic E-state index is 0.141. The monoisotopic (exact) mass is 272 g/mol. The van der Waals surface area contributed by atoms with E-state index >= 15 is 0 Å². The molecule has 0 saturated carbocycles. The number of carbonyl (C=O) groups is 1. The summed E-state index contributed by atoms with van der Waals surface area (Å²) in [5, 5.41) is 3.55. The molecular formula is C17H24N2O. The van der Waals surface area contributed by atoms with E-state index in [-0.39, 0.29) is 12.0 Å². The molecule has 0 radical (unpaired) electrons. The maximum Gasteiger partial charge on any atom is 0.227 e. The van der Waals surface area contributed by atoms with E-state index in [4.69, 9.17) is 0 Å². The average molecular weight is 272 g/mol. The molecule has 2 heterocycles. The van der Waals surface area contributed by atoms with E-state index in [1.165, 1.54) is 17.5 Å². The fourth-order valence-electron chi connectivity index (χ4n) is 3.62. The number of hydrogen-bond acceptors (Lipinski definition) is 2. The van der Waals surface area contributed by atoms with Gasteiger partial charge < -0.3 is 10.2 Å². The predicted molar refractivity (Wildman–Crippen MR) is 80.4 cm³/mol. The Labute approximate surface area is 121 Å². The Morgan fingerprint density at radius 1 is 1.30 bits per heavy atom. The molecule has 3 nitrogen and oxygen atoms in total. The first-order valence-electron chi connectivity index (χ1n) is 7.65. The summed E-state index contributed by atoms with van der Waals surface area (Å²) in [5.41, 5.74) is 2.47. The fraction of sp³-hybridized carbons (Fsp3) is 0.588. The molecule has 2 aliphatic rings. The Balaban J connectivity index is 1.70. The second kappa shape index (κ2) is 5.21. The van der Waals surface area contributed by atoms with E-state index in [9.17, 15) is 4.79 Å². The summed E-state index contributed by atoms with van der Waals surface area (Å²) >= 11 is 0. The van der Waals surface area contributed by atoms with E-state index in [1.54, 1.807) is 0 Å². The van der Waals surface area contributed by atoms with Crippen LogP contribution in [0.15, 0.2) is 24.3 Å².